The second-order valence-electron chi connectivity index (χ2n) is 7.89. The Labute approximate surface area is 193 Å². The van der Waals surface area contributed by atoms with E-state index in [1.54, 1.807) is 18.4 Å². The molecule has 166 valence electrons. The fraction of sp³-hybridized carbons (Fsp3) is 0.308. The SMILES string of the molecule is CCN(C(=O)[C@H]1c2ccccc2C(=O)N(CCOC)[C@H]1c1cccs1)c1ccccc1C. The molecule has 2 amide bonds. The number of fused-ring (bicyclic) bond motifs is 1. The van der Waals surface area contributed by atoms with Gasteiger partial charge >= 0.3 is 0 Å². The van der Waals surface area contributed by atoms with Crippen LogP contribution in [-0.2, 0) is 9.53 Å². The number of para-hydroxylation sites is 1. The molecule has 2 aromatic carbocycles. The van der Waals surface area contributed by atoms with Gasteiger partial charge in [0, 0.05) is 36.3 Å². The number of hydrogen-bond donors (Lipinski definition) is 0. The lowest BCUT2D eigenvalue weighted by Crippen LogP contribution is -2.49. The molecule has 0 spiro atoms. The minimum absolute atomic E-state index is 0.00238. The largest absolute Gasteiger partial charge is 0.383 e. The van der Waals surface area contributed by atoms with E-state index in [0.29, 0.717) is 25.3 Å². The molecule has 2 heterocycles. The van der Waals surface area contributed by atoms with Gasteiger partial charge in [0.05, 0.1) is 18.6 Å². The maximum absolute atomic E-state index is 14.2. The number of rotatable bonds is 7. The Kier molecular flexibility index (Phi) is 6.72. The Morgan fingerprint density at radius 1 is 1.09 bits per heavy atom. The molecule has 3 aromatic rings. The third-order valence-electron chi connectivity index (χ3n) is 6.06. The maximum atomic E-state index is 14.2. The molecule has 0 radical (unpaired) electrons. The van der Waals surface area contributed by atoms with E-state index >= 15 is 0 Å². The van der Waals surface area contributed by atoms with E-state index < -0.39 is 5.92 Å². The summed E-state index contributed by atoms with van der Waals surface area (Å²) in [6, 6.07) is 19.1. The summed E-state index contributed by atoms with van der Waals surface area (Å²) < 4.78 is 5.31. The summed E-state index contributed by atoms with van der Waals surface area (Å²) in [6.45, 7) is 5.39. The van der Waals surface area contributed by atoms with E-state index in [4.69, 9.17) is 4.74 Å². The molecule has 6 heteroatoms. The molecule has 2 atom stereocenters. The van der Waals surface area contributed by atoms with Gasteiger partial charge in [-0.1, -0.05) is 42.5 Å². The van der Waals surface area contributed by atoms with Crippen LogP contribution in [0.1, 0.15) is 45.2 Å². The number of methoxy groups -OCH3 is 1. The first kappa shape index (κ1) is 22.2. The molecule has 0 N–H and O–H groups in total. The van der Waals surface area contributed by atoms with Gasteiger partial charge in [0.25, 0.3) is 5.91 Å². The fourth-order valence-corrected chi connectivity index (χ4v) is 5.42. The van der Waals surface area contributed by atoms with Crippen LogP contribution in [0.15, 0.2) is 66.0 Å². The van der Waals surface area contributed by atoms with Crippen molar-refractivity contribution in [2.24, 2.45) is 0 Å². The highest BCUT2D eigenvalue weighted by molar-refractivity contribution is 7.10. The van der Waals surface area contributed by atoms with Gasteiger partial charge in [-0.25, -0.2) is 0 Å². The highest BCUT2D eigenvalue weighted by Crippen LogP contribution is 2.45. The summed E-state index contributed by atoms with van der Waals surface area (Å²) in [6.07, 6.45) is 0. The van der Waals surface area contributed by atoms with Crippen molar-refractivity contribution in [1.29, 1.82) is 0 Å². The van der Waals surface area contributed by atoms with E-state index in [1.807, 2.05) is 89.7 Å². The van der Waals surface area contributed by atoms with Crippen molar-refractivity contribution >= 4 is 28.8 Å². The number of likely N-dealkylation sites (N-methyl/N-ethyl adjacent to an activating group) is 1. The van der Waals surface area contributed by atoms with E-state index in [2.05, 4.69) is 0 Å². The number of amides is 2. The molecule has 1 aliphatic rings. The first-order valence-electron chi connectivity index (χ1n) is 10.9. The molecule has 0 saturated carbocycles. The summed E-state index contributed by atoms with van der Waals surface area (Å²) in [5, 5.41) is 2.00. The molecule has 4 rings (SSSR count). The predicted molar refractivity (Wildman–Crippen MR) is 128 cm³/mol. The fourth-order valence-electron chi connectivity index (χ4n) is 4.55. The van der Waals surface area contributed by atoms with Gasteiger partial charge in [-0.15, -0.1) is 11.3 Å². The second kappa shape index (κ2) is 9.67. The van der Waals surface area contributed by atoms with Crippen molar-refractivity contribution in [1.82, 2.24) is 4.90 Å². The Morgan fingerprint density at radius 3 is 2.53 bits per heavy atom. The number of ether oxygens (including phenoxy) is 1. The Bertz CT molecular complexity index is 1100. The molecular formula is C26H28N2O3S. The quantitative estimate of drug-likeness (QED) is 0.509. The summed E-state index contributed by atoms with van der Waals surface area (Å²) in [5.74, 6) is -0.555. The van der Waals surface area contributed by atoms with Gasteiger partial charge in [0.1, 0.15) is 0 Å². The molecule has 1 aliphatic heterocycles. The minimum atomic E-state index is -0.501. The van der Waals surface area contributed by atoms with Crippen molar-refractivity contribution in [3.63, 3.8) is 0 Å². The number of nitrogens with zero attached hydrogens (tertiary/aromatic N) is 2. The molecule has 0 unspecified atom stereocenters. The zero-order valence-electron chi connectivity index (χ0n) is 18.7. The van der Waals surface area contributed by atoms with Gasteiger partial charge in [0.2, 0.25) is 5.91 Å². The number of benzene rings is 2. The smallest absolute Gasteiger partial charge is 0.254 e. The molecular weight excluding hydrogens is 420 g/mol. The van der Waals surface area contributed by atoms with E-state index in [9.17, 15) is 9.59 Å². The lowest BCUT2D eigenvalue weighted by atomic mass is 9.81. The number of thiophene rings is 1. The molecule has 5 nitrogen and oxygen atoms in total. The van der Waals surface area contributed by atoms with Crippen molar-refractivity contribution in [3.05, 3.63) is 87.6 Å². The third kappa shape index (κ3) is 3.96. The summed E-state index contributed by atoms with van der Waals surface area (Å²) in [7, 11) is 1.63. The van der Waals surface area contributed by atoms with Crippen LogP contribution in [-0.4, -0.2) is 43.5 Å². The number of carbonyl (C=O) groups excluding carboxylic acids is 2. The van der Waals surface area contributed by atoms with Gasteiger partial charge in [-0.05, 0) is 48.6 Å². The van der Waals surface area contributed by atoms with E-state index in [-0.39, 0.29) is 17.9 Å². The summed E-state index contributed by atoms with van der Waals surface area (Å²) in [4.78, 5) is 32.4. The zero-order valence-corrected chi connectivity index (χ0v) is 19.5. The van der Waals surface area contributed by atoms with Crippen LogP contribution in [0.5, 0.6) is 0 Å². The highest BCUT2D eigenvalue weighted by Gasteiger charge is 2.45. The monoisotopic (exact) mass is 448 g/mol. The normalized spacial score (nSPS) is 17.8. The average molecular weight is 449 g/mol. The Balaban J connectivity index is 1.87. The molecule has 0 saturated heterocycles. The van der Waals surface area contributed by atoms with Crippen LogP contribution in [0, 0.1) is 6.92 Å². The highest BCUT2D eigenvalue weighted by atomic mass is 32.1. The summed E-state index contributed by atoms with van der Waals surface area (Å²) in [5.41, 5.74) is 3.34. The topological polar surface area (TPSA) is 49.9 Å². The van der Waals surface area contributed by atoms with Crippen LogP contribution < -0.4 is 4.90 Å². The first-order valence-corrected chi connectivity index (χ1v) is 11.8. The summed E-state index contributed by atoms with van der Waals surface area (Å²) >= 11 is 1.58. The maximum Gasteiger partial charge on any atom is 0.254 e. The van der Waals surface area contributed by atoms with Gasteiger partial charge in [-0.2, -0.15) is 0 Å². The van der Waals surface area contributed by atoms with Crippen LogP contribution in [0.25, 0.3) is 0 Å². The third-order valence-corrected chi connectivity index (χ3v) is 7.01. The van der Waals surface area contributed by atoms with Gasteiger partial charge < -0.3 is 14.5 Å². The second-order valence-corrected chi connectivity index (χ2v) is 8.86. The first-order chi connectivity index (χ1) is 15.6. The molecule has 0 fully saturated rings. The standard InChI is InChI=1S/C26H28N2O3S/c1-4-27(21-13-8-5-10-18(21)2)26(30)23-19-11-6-7-12-20(19)25(29)28(15-16-31-3)24(23)22-14-9-17-32-22/h5-14,17,23-24H,4,15-16H2,1-3H3/t23-,24-/m0/s1. The molecule has 0 aliphatic carbocycles. The lowest BCUT2D eigenvalue weighted by molar-refractivity contribution is -0.121. The van der Waals surface area contributed by atoms with Gasteiger partial charge in [-0.3, -0.25) is 9.59 Å². The van der Waals surface area contributed by atoms with Crippen molar-refractivity contribution < 1.29 is 14.3 Å². The van der Waals surface area contributed by atoms with E-state index in [1.165, 1.54) is 0 Å². The Hall–Kier alpha value is -2.96. The van der Waals surface area contributed by atoms with Crippen molar-refractivity contribution in [2.75, 3.05) is 31.7 Å². The number of aryl methyl sites for hydroxylation is 1. The van der Waals surface area contributed by atoms with Crippen LogP contribution in [0.3, 0.4) is 0 Å². The lowest BCUT2D eigenvalue weighted by Gasteiger charge is -2.42. The number of carbonyl (C=O) groups is 2. The number of hydrogen-bond acceptors (Lipinski definition) is 4. The van der Waals surface area contributed by atoms with Crippen molar-refractivity contribution in [2.45, 2.75) is 25.8 Å². The predicted octanol–water partition coefficient (Wildman–Crippen LogP) is 5.04. The van der Waals surface area contributed by atoms with Crippen LogP contribution in [0.4, 0.5) is 5.69 Å². The molecule has 0 bridgehead atoms. The Morgan fingerprint density at radius 2 is 1.84 bits per heavy atom. The molecule has 32 heavy (non-hydrogen) atoms. The van der Waals surface area contributed by atoms with Gasteiger partial charge in [0.15, 0.2) is 0 Å². The van der Waals surface area contributed by atoms with Crippen molar-refractivity contribution in [3.8, 4) is 0 Å². The van der Waals surface area contributed by atoms with E-state index in [0.717, 1.165) is 21.7 Å². The van der Waals surface area contributed by atoms with Crippen LogP contribution >= 0.6 is 11.3 Å². The zero-order chi connectivity index (χ0) is 22.7. The average Bonchev–Trinajstić information content (AvgIpc) is 3.34. The number of anilines is 1. The molecule has 1 aromatic heterocycles. The van der Waals surface area contributed by atoms with Crippen LogP contribution in [0.2, 0.25) is 0 Å². The minimum Gasteiger partial charge on any atom is -0.383 e.